The van der Waals surface area contributed by atoms with Gasteiger partial charge in [0.05, 0.1) is 0 Å². The van der Waals surface area contributed by atoms with E-state index in [4.69, 9.17) is 5.73 Å². The van der Waals surface area contributed by atoms with Crippen LogP contribution in [0.1, 0.15) is 32.8 Å². The third-order valence-corrected chi connectivity index (χ3v) is 3.70. The largest absolute Gasteiger partial charge is 0.327 e. The molecule has 0 spiro atoms. The van der Waals surface area contributed by atoms with E-state index in [0.29, 0.717) is 10.9 Å². The summed E-state index contributed by atoms with van der Waals surface area (Å²) in [5, 5.41) is 0. The third kappa shape index (κ3) is 4.50. The molecule has 4 heteroatoms. The fourth-order valence-electron chi connectivity index (χ4n) is 1.50. The van der Waals surface area contributed by atoms with Gasteiger partial charge >= 0.3 is 0 Å². The predicted octanol–water partition coefficient (Wildman–Crippen LogP) is 3.46. The minimum absolute atomic E-state index is 0.0738. The van der Waals surface area contributed by atoms with E-state index in [-0.39, 0.29) is 29.5 Å². The monoisotopic (exact) mass is 315 g/mol. The van der Waals surface area contributed by atoms with E-state index in [9.17, 15) is 9.18 Å². The molecule has 0 saturated heterocycles. The second kappa shape index (κ2) is 5.93. The number of halogens is 2. The molecular weight excluding hydrogens is 297 g/mol. The molecule has 1 aromatic rings. The van der Waals surface area contributed by atoms with Gasteiger partial charge in [-0.2, -0.15) is 0 Å². The van der Waals surface area contributed by atoms with Gasteiger partial charge in [-0.25, -0.2) is 4.39 Å². The smallest absolute Gasteiger partial charge is 0.138 e. The number of hydrogen-bond donors (Lipinski definition) is 1. The molecule has 0 aliphatic rings. The lowest BCUT2D eigenvalue weighted by atomic mass is 9.84. The van der Waals surface area contributed by atoms with Crippen LogP contribution in [0.2, 0.25) is 0 Å². The Morgan fingerprint density at radius 3 is 2.56 bits per heavy atom. The van der Waals surface area contributed by atoms with Crippen LogP contribution in [0.4, 0.5) is 4.39 Å². The van der Waals surface area contributed by atoms with E-state index >= 15 is 0 Å². The summed E-state index contributed by atoms with van der Waals surface area (Å²) in [6.45, 7) is 6.04. The van der Waals surface area contributed by atoms with Gasteiger partial charge in [-0.1, -0.05) is 42.8 Å². The Kier molecular flexibility index (Phi) is 5.05. The molecule has 18 heavy (non-hydrogen) atoms. The van der Waals surface area contributed by atoms with E-state index in [2.05, 4.69) is 15.9 Å². The Morgan fingerprint density at radius 1 is 1.44 bits per heavy atom. The molecule has 0 aliphatic heterocycles. The molecule has 0 amide bonds. The zero-order valence-corrected chi connectivity index (χ0v) is 12.6. The molecule has 1 aromatic carbocycles. The van der Waals surface area contributed by atoms with Crippen molar-refractivity contribution < 1.29 is 9.18 Å². The predicted molar refractivity (Wildman–Crippen MR) is 74.9 cm³/mol. The highest BCUT2D eigenvalue weighted by Crippen LogP contribution is 2.22. The van der Waals surface area contributed by atoms with Crippen molar-refractivity contribution in [1.82, 2.24) is 0 Å². The van der Waals surface area contributed by atoms with E-state index in [1.807, 2.05) is 20.8 Å². The minimum Gasteiger partial charge on any atom is -0.327 e. The molecule has 2 N–H and O–H groups in total. The maximum atomic E-state index is 12.9. The fraction of sp³-hybridized carbons (Fsp3) is 0.500. The summed E-state index contributed by atoms with van der Waals surface area (Å²) in [6.07, 6.45) is 0.623. The summed E-state index contributed by atoms with van der Waals surface area (Å²) in [7, 11) is 0. The van der Waals surface area contributed by atoms with Crippen molar-refractivity contribution in [2.75, 3.05) is 0 Å². The molecule has 2 nitrogen and oxygen atoms in total. The van der Waals surface area contributed by atoms with Crippen LogP contribution in [0, 0.1) is 11.2 Å². The van der Waals surface area contributed by atoms with Crippen molar-refractivity contribution in [3.63, 3.8) is 0 Å². The molecule has 0 bridgehead atoms. The lowest BCUT2D eigenvalue weighted by molar-refractivity contribution is -0.119. The van der Waals surface area contributed by atoms with Crippen molar-refractivity contribution in [3.05, 3.63) is 34.1 Å². The van der Waals surface area contributed by atoms with Gasteiger partial charge in [-0.15, -0.1) is 0 Å². The minimum atomic E-state index is -0.315. The SMILES string of the molecule is CC(C)(C)C(N)CC(=O)Cc1ccc(F)cc1Br. The Morgan fingerprint density at radius 2 is 2.06 bits per heavy atom. The summed E-state index contributed by atoms with van der Waals surface area (Å²) in [5.74, 6) is -0.241. The molecule has 1 atom stereocenters. The van der Waals surface area contributed by atoms with Gasteiger partial charge in [0.15, 0.2) is 0 Å². The summed E-state index contributed by atoms with van der Waals surface area (Å²) < 4.78 is 13.5. The van der Waals surface area contributed by atoms with Gasteiger partial charge in [0.1, 0.15) is 11.6 Å². The van der Waals surface area contributed by atoms with Crippen LogP contribution < -0.4 is 5.73 Å². The summed E-state index contributed by atoms with van der Waals surface area (Å²) in [4.78, 5) is 11.9. The third-order valence-electron chi connectivity index (χ3n) is 2.96. The summed E-state index contributed by atoms with van der Waals surface area (Å²) in [6, 6.07) is 4.19. The molecule has 0 heterocycles. The molecule has 100 valence electrons. The second-order valence-corrected chi connectivity index (χ2v) is 6.48. The van der Waals surface area contributed by atoms with Crippen molar-refractivity contribution in [1.29, 1.82) is 0 Å². The van der Waals surface area contributed by atoms with Crippen molar-refractivity contribution in [3.8, 4) is 0 Å². The van der Waals surface area contributed by atoms with Crippen molar-refractivity contribution in [2.24, 2.45) is 11.1 Å². The highest BCUT2D eigenvalue weighted by Gasteiger charge is 2.23. The number of carbonyl (C=O) groups excluding carboxylic acids is 1. The molecular formula is C14H19BrFNO. The van der Waals surface area contributed by atoms with Crippen LogP contribution in [0.25, 0.3) is 0 Å². The normalized spacial score (nSPS) is 13.4. The van der Waals surface area contributed by atoms with Gasteiger partial charge in [-0.3, -0.25) is 4.79 Å². The maximum Gasteiger partial charge on any atom is 0.138 e. The standard InChI is InChI=1S/C14H19BrFNO/c1-14(2,3)13(17)8-11(18)6-9-4-5-10(16)7-12(9)15/h4-5,7,13H,6,8,17H2,1-3H3. The highest BCUT2D eigenvalue weighted by atomic mass is 79.9. The maximum absolute atomic E-state index is 12.9. The first-order valence-corrected chi connectivity index (χ1v) is 6.70. The Hall–Kier alpha value is -0.740. The van der Waals surface area contributed by atoms with Crippen LogP contribution in [0.3, 0.4) is 0 Å². The highest BCUT2D eigenvalue weighted by molar-refractivity contribution is 9.10. The quantitative estimate of drug-likeness (QED) is 0.924. The first kappa shape index (κ1) is 15.3. The molecule has 0 saturated carbocycles. The van der Waals surface area contributed by atoms with Crippen LogP contribution in [0.5, 0.6) is 0 Å². The summed E-state index contributed by atoms with van der Waals surface area (Å²) >= 11 is 3.26. The van der Waals surface area contributed by atoms with Crippen LogP contribution in [0.15, 0.2) is 22.7 Å². The van der Waals surface area contributed by atoms with Crippen LogP contribution in [-0.4, -0.2) is 11.8 Å². The van der Waals surface area contributed by atoms with Gasteiger partial charge < -0.3 is 5.73 Å². The van der Waals surface area contributed by atoms with Gasteiger partial charge in [0, 0.05) is 23.4 Å². The van der Waals surface area contributed by atoms with E-state index in [0.717, 1.165) is 5.56 Å². The molecule has 1 unspecified atom stereocenters. The number of nitrogens with two attached hydrogens (primary N) is 1. The van der Waals surface area contributed by atoms with E-state index < -0.39 is 0 Å². The topological polar surface area (TPSA) is 43.1 Å². The lowest BCUT2D eigenvalue weighted by Crippen LogP contribution is -2.37. The number of rotatable bonds is 4. The lowest BCUT2D eigenvalue weighted by Gasteiger charge is -2.26. The number of ketones is 1. The van der Waals surface area contributed by atoms with Gasteiger partial charge in [-0.05, 0) is 23.1 Å². The molecule has 0 radical (unpaired) electrons. The molecule has 1 rings (SSSR count). The number of benzene rings is 1. The molecule has 0 aromatic heterocycles. The first-order chi connectivity index (χ1) is 8.20. The molecule has 0 fully saturated rings. The Labute approximate surface area is 116 Å². The van der Waals surface area contributed by atoms with E-state index in [1.165, 1.54) is 12.1 Å². The van der Waals surface area contributed by atoms with Crippen LogP contribution >= 0.6 is 15.9 Å². The average molecular weight is 316 g/mol. The average Bonchev–Trinajstić information content (AvgIpc) is 2.20. The Balaban J connectivity index is 2.65. The zero-order valence-electron chi connectivity index (χ0n) is 11.0. The fourth-order valence-corrected chi connectivity index (χ4v) is 1.99. The Bertz CT molecular complexity index is 440. The second-order valence-electron chi connectivity index (χ2n) is 5.63. The van der Waals surface area contributed by atoms with Gasteiger partial charge in [0.2, 0.25) is 0 Å². The zero-order chi connectivity index (χ0) is 13.9. The van der Waals surface area contributed by atoms with Gasteiger partial charge in [0.25, 0.3) is 0 Å². The number of hydrogen-bond acceptors (Lipinski definition) is 2. The number of Topliss-reactive ketones (excluding diaryl/α,β-unsaturated/α-hetero) is 1. The van der Waals surface area contributed by atoms with Crippen molar-refractivity contribution in [2.45, 2.75) is 39.7 Å². The molecule has 0 aliphatic carbocycles. The first-order valence-electron chi connectivity index (χ1n) is 5.91. The number of carbonyl (C=O) groups is 1. The van der Waals surface area contributed by atoms with Crippen LogP contribution in [-0.2, 0) is 11.2 Å². The van der Waals surface area contributed by atoms with Crippen molar-refractivity contribution >= 4 is 21.7 Å². The summed E-state index contributed by atoms with van der Waals surface area (Å²) in [5.41, 5.74) is 6.68. The van der Waals surface area contributed by atoms with E-state index in [1.54, 1.807) is 6.07 Å².